The lowest BCUT2D eigenvalue weighted by Gasteiger charge is -2.40. The first-order chi connectivity index (χ1) is 66.7. The lowest BCUT2D eigenvalue weighted by molar-refractivity contribution is 0.0954. The van der Waals surface area contributed by atoms with Crippen molar-refractivity contribution in [1.29, 1.82) is 15.8 Å². The zero-order chi connectivity index (χ0) is 94.0. The molecule has 11 heteroatoms. The van der Waals surface area contributed by atoms with E-state index < -0.39 is 5.60 Å². The van der Waals surface area contributed by atoms with Crippen molar-refractivity contribution in [1.82, 2.24) is 0 Å². The molecule has 0 saturated heterocycles. The molecule has 17 rings (SSSR count). The van der Waals surface area contributed by atoms with Crippen LogP contribution in [-0.2, 0) is 21.0 Å². The predicted molar refractivity (Wildman–Crippen MR) is 592 cm³/mol. The third kappa shape index (κ3) is 20.6. The number of fused-ring (bicyclic) bond motifs is 12. The average Bonchev–Trinajstić information content (AvgIpc) is 1.48. The topological polar surface area (TPSA) is 83.8 Å². The van der Waals surface area contributed by atoms with Gasteiger partial charge in [-0.2, -0.15) is 15.8 Å². The summed E-state index contributed by atoms with van der Waals surface area (Å²) in [7, 11) is 0. The van der Waals surface area contributed by atoms with E-state index in [0.717, 1.165) is 65.3 Å². The largest absolute Gasteiger partial charge is 0.480 e. The van der Waals surface area contributed by atoms with Crippen molar-refractivity contribution in [3.8, 4) is 82.9 Å². The molecule has 0 spiro atoms. The molecule has 692 valence electrons. The predicted octanol–water partition coefficient (Wildman–Crippen LogP) is 39.8. The summed E-state index contributed by atoms with van der Waals surface area (Å²) in [6.07, 6.45) is 58.2. The lowest BCUT2D eigenvalue weighted by atomic mass is 9.63. The van der Waals surface area contributed by atoms with E-state index in [1.165, 1.54) is 237 Å². The molecule has 4 aliphatic rings. The van der Waals surface area contributed by atoms with E-state index in [4.69, 9.17) is 4.74 Å². The van der Waals surface area contributed by atoms with E-state index in [9.17, 15) is 15.8 Å². The van der Waals surface area contributed by atoms with Gasteiger partial charge in [-0.1, -0.05) is 299 Å². The summed E-state index contributed by atoms with van der Waals surface area (Å²) in [5, 5.41) is 32.0. The highest BCUT2D eigenvalue weighted by atomic mass is 32.1. The molecule has 0 radical (unpaired) electrons. The van der Waals surface area contributed by atoms with Crippen molar-refractivity contribution in [2.24, 2.45) is 0 Å². The van der Waals surface area contributed by atoms with Crippen LogP contribution >= 0.6 is 68.0 Å². The molecule has 3 aliphatic carbocycles. The zero-order valence-electron chi connectivity index (χ0n) is 80.9. The number of allylic oxidation sites excluding steroid dienone is 2. The van der Waals surface area contributed by atoms with E-state index in [0.29, 0.717) is 5.57 Å². The standard InChI is InChI=1S/C125H130N4OS6/c1-9-15-21-33-75-123(76-34-22-16-10-2)109-82-89(112-72-65-101(134-112)55-54-96-44-39-81-131-96)48-68-104(109)115-118(123)116-105-70-50-91(114-74-67-103(136-114)63-61-99-58-59-100(133-99)64-71-108-107(87-128)121(92(85-126)86-127)130-122(108,7)8)84-111(105)125(79-37-25-19-13-5,80-38-26-20-14-6)120(116)117-106-69-49-90(83-110(106)124(119(115)117,77-35-23-17-11-3)78-36-24-18-12-4)113-73-66-102(135-113)62-60-98-57-56-97(132-98)53-47-88-45-51-95(52-46-88)129(93-40-29-27-30-41-93)94-42-31-28-32-43-94/h27-32,39-74,81-84H,9-26,33-38,75-80H2,1-8H3/b53-47+,55-54+,62-60+,63-61+,71-64+. The maximum Gasteiger partial charge on any atom is 0.172 e. The summed E-state index contributed by atoms with van der Waals surface area (Å²) in [4.78, 5) is 16.0. The Morgan fingerprint density at radius 2 is 0.647 bits per heavy atom. The number of benzene rings is 7. The summed E-state index contributed by atoms with van der Waals surface area (Å²) < 4.78 is 6.11. The first-order valence-corrected chi connectivity index (χ1v) is 55.7. The van der Waals surface area contributed by atoms with Gasteiger partial charge in [0.1, 0.15) is 29.4 Å². The van der Waals surface area contributed by atoms with E-state index in [1.807, 2.05) is 83.5 Å². The van der Waals surface area contributed by atoms with Gasteiger partial charge in [-0.3, -0.25) is 0 Å². The normalized spacial score (nSPS) is 14.6. The number of unbranched alkanes of at least 4 members (excludes halogenated alkanes) is 18. The fourth-order valence-electron chi connectivity index (χ4n) is 22.3. The smallest absolute Gasteiger partial charge is 0.172 e. The first kappa shape index (κ1) is 96.7. The van der Waals surface area contributed by atoms with Crippen LogP contribution in [0.5, 0.6) is 0 Å². The van der Waals surface area contributed by atoms with Crippen molar-refractivity contribution >= 4 is 140 Å². The molecule has 0 amide bonds. The number of anilines is 3. The van der Waals surface area contributed by atoms with Crippen LogP contribution in [-0.4, -0.2) is 5.60 Å². The third-order valence-corrected chi connectivity index (χ3v) is 35.2. The van der Waals surface area contributed by atoms with E-state index >= 15 is 0 Å². The summed E-state index contributed by atoms with van der Waals surface area (Å²) in [6, 6.07) is 88.1. The van der Waals surface area contributed by atoms with Crippen LogP contribution in [0.15, 0.2) is 246 Å². The number of para-hydroxylation sites is 2. The molecule has 0 unspecified atom stereocenters. The van der Waals surface area contributed by atoms with Gasteiger partial charge in [0, 0.05) is 92.5 Å². The van der Waals surface area contributed by atoms with E-state index in [-0.39, 0.29) is 33.2 Å². The highest BCUT2D eigenvalue weighted by Crippen LogP contribution is 2.72. The molecular formula is C125H130N4OS6. The molecule has 0 bridgehead atoms. The second kappa shape index (κ2) is 45.1. The van der Waals surface area contributed by atoms with Gasteiger partial charge < -0.3 is 9.64 Å². The summed E-state index contributed by atoms with van der Waals surface area (Å²) >= 11 is 11.1. The van der Waals surface area contributed by atoms with Gasteiger partial charge in [0.05, 0.1) is 0 Å². The van der Waals surface area contributed by atoms with E-state index in [1.54, 1.807) is 72.7 Å². The lowest BCUT2D eigenvalue weighted by Crippen LogP contribution is -2.31. The monoisotopic (exact) mass is 1890 g/mol. The van der Waals surface area contributed by atoms with E-state index in [2.05, 4.69) is 319 Å². The minimum Gasteiger partial charge on any atom is -0.480 e. The van der Waals surface area contributed by atoms with Crippen LogP contribution in [0.3, 0.4) is 0 Å². The molecule has 7 heterocycles. The van der Waals surface area contributed by atoms with Crippen LogP contribution in [0.2, 0.25) is 0 Å². The molecule has 0 saturated carbocycles. The number of hydrogen-bond acceptors (Lipinski definition) is 11. The highest BCUT2D eigenvalue weighted by Gasteiger charge is 2.58. The van der Waals surface area contributed by atoms with Crippen LogP contribution in [0.4, 0.5) is 17.1 Å². The van der Waals surface area contributed by atoms with Crippen molar-refractivity contribution in [3.63, 3.8) is 0 Å². The zero-order valence-corrected chi connectivity index (χ0v) is 85.8. The first-order valence-electron chi connectivity index (χ1n) is 50.8. The Morgan fingerprint density at radius 1 is 0.324 bits per heavy atom. The molecule has 136 heavy (non-hydrogen) atoms. The van der Waals surface area contributed by atoms with Crippen LogP contribution in [0.25, 0.3) is 119 Å². The quantitative estimate of drug-likeness (QED) is 0.0280. The van der Waals surface area contributed by atoms with Gasteiger partial charge in [-0.25, -0.2) is 0 Å². The Labute approximate surface area is 835 Å². The Hall–Kier alpha value is -11.0. The summed E-state index contributed by atoms with van der Waals surface area (Å²) in [5.74, 6) is 0.0520. The Bertz CT molecular complexity index is 6550. The molecule has 5 nitrogen and oxygen atoms in total. The molecule has 13 aromatic rings. The van der Waals surface area contributed by atoms with Gasteiger partial charge in [0.15, 0.2) is 11.3 Å². The number of nitrogens with zero attached hydrogens (tertiary/aromatic N) is 4. The molecule has 1 aliphatic heterocycles. The molecule has 0 fully saturated rings. The molecule has 6 aromatic heterocycles. The van der Waals surface area contributed by atoms with Crippen LogP contribution in [0.1, 0.15) is 326 Å². The van der Waals surface area contributed by atoms with Crippen molar-refractivity contribution in [2.75, 3.05) is 4.90 Å². The number of thiophene rings is 6. The number of nitriles is 3. The highest BCUT2D eigenvalue weighted by molar-refractivity contribution is 7.17. The van der Waals surface area contributed by atoms with Gasteiger partial charge >= 0.3 is 0 Å². The van der Waals surface area contributed by atoms with Crippen molar-refractivity contribution in [3.05, 3.63) is 324 Å². The fraction of sp³-hybridized carbons (Fsp3) is 0.336. The molecular weight excluding hydrogens is 1770 g/mol. The SMILES string of the molecule is CCCCCCC1(CCCCCC)c2cc(-c3ccc(/C=C/c4cccs4)s3)ccc2-c2c1c1c(c3c2C(CCCCCC)(CCCCCC)c2cc(-c4ccc(/C=C/c5ccc(/C=C/c6ccc(N(c7ccccc7)c7ccccc7)cc6)s5)s4)ccc2-3)C(CCCCCC)(CCCCCC)c2cc(-c3ccc(/C=C/c4ccc(/C=C/C5=C(C#N)C(=C(C#N)C#N)OC5(C)C)s4)s3)ccc2-1. The number of rotatable bonds is 46. The van der Waals surface area contributed by atoms with Gasteiger partial charge in [0.25, 0.3) is 0 Å². The molecule has 0 N–H and O–H groups in total. The second-order valence-corrected chi connectivity index (χ2v) is 45.1. The minimum absolute atomic E-state index is 0.0520. The number of ether oxygens (including phenoxy) is 1. The molecule has 7 aromatic carbocycles. The van der Waals surface area contributed by atoms with Crippen molar-refractivity contribution < 1.29 is 4.74 Å². The van der Waals surface area contributed by atoms with Crippen LogP contribution in [0, 0.1) is 34.0 Å². The maximum absolute atomic E-state index is 10.3. The van der Waals surface area contributed by atoms with Crippen LogP contribution < -0.4 is 4.90 Å². The number of hydrogen-bond donors (Lipinski definition) is 0. The average molecular weight is 1900 g/mol. The Morgan fingerprint density at radius 3 is 0.978 bits per heavy atom. The maximum atomic E-state index is 10.3. The van der Waals surface area contributed by atoms with Gasteiger partial charge in [0.2, 0.25) is 0 Å². The third-order valence-electron chi connectivity index (χ3n) is 29.0. The fourth-order valence-corrected chi connectivity index (χ4v) is 27.3. The van der Waals surface area contributed by atoms with Gasteiger partial charge in [-0.05, 0) is 317 Å². The Kier molecular flexibility index (Phi) is 32.0. The second-order valence-electron chi connectivity index (χ2n) is 38.4. The van der Waals surface area contributed by atoms with Gasteiger partial charge in [-0.15, -0.1) is 68.0 Å². The Balaban J connectivity index is 0.824. The molecule has 0 atom stereocenters. The minimum atomic E-state index is -0.892. The van der Waals surface area contributed by atoms with Crippen molar-refractivity contribution in [2.45, 2.75) is 270 Å². The summed E-state index contributed by atoms with van der Waals surface area (Å²) in [6.45, 7) is 18.2. The summed E-state index contributed by atoms with van der Waals surface area (Å²) in [5.41, 5.74) is 26.9.